The Morgan fingerprint density at radius 2 is 2.20 bits per heavy atom. The zero-order valence-corrected chi connectivity index (χ0v) is 10.4. The maximum atomic E-state index is 11.9. The number of pyridine rings is 1. The Morgan fingerprint density at radius 3 is 2.90 bits per heavy atom. The summed E-state index contributed by atoms with van der Waals surface area (Å²) in [5, 5.41) is 11.4. The largest absolute Gasteiger partial charge is 0.478 e. The molecule has 1 aliphatic heterocycles. The first-order valence-corrected chi connectivity index (χ1v) is 6.09. The molecule has 0 aliphatic carbocycles. The molecule has 1 fully saturated rings. The van der Waals surface area contributed by atoms with E-state index in [-0.39, 0.29) is 17.9 Å². The molecule has 1 saturated heterocycles. The summed E-state index contributed by atoms with van der Waals surface area (Å²) in [6.45, 7) is 0. The van der Waals surface area contributed by atoms with Crippen LogP contribution in [0.1, 0.15) is 34.8 Å². The minimum Gasteiger partial charge on any atom is -0.478 e. The molecule has 102 valence electrons. The number of rotatable bonds is 2. The van der Waals surface area contributed by atoms with E-state index in [0.29, 0.717) is 17.6 Å². The second kappa shape index (κ2) is 4.44. The summed E-state index contributed by atoms with van der Waals surface area (Å²) < 4.78 is 1.67. The van der Waals surface area contributed by atoms with Gasteiger partial charge in [-0.1, -0.05) is 0 Å². The molecule has 7 nitrogen and oxygen atoms in total. The number of carboxylic acids is 1. The molecule has 0 radical (unpaired) electrons. The number of carboxylic acid groups (broad SMARTS) is 1. The quantitative estimate of drug-likeness (QED) is 0.778. The molecular formula is C13H11N3O4. The third-order valence-corrected chi connectivity index (χ3v) is 3.40. The molecule has 1 aliphatic rings. The number of aromatic carboxylic acids is 1. The molecule has 2 aromatic rings. The van der Waals surface area contributed by atoms with Crippen LogP contribution < -0.4 is 5.32 Å². The van der Waals surface area contributed by atoms with Crippen LogP contribution in [0.15, 0.2) is 24.7 Å². The molecule has 2 N–H and O–H groups in total. The van der Waals surface area contributed by atoms with Crippen LogP contribution >= 0.6 is 0 Å². The van der Waals surface area contributed by atoms with Crippen LogP contribution in [0.2, 0.25) is 0 Å². The zero-order valence-electron chi connectivity index (χ0n) is 10.4. The summed E-state index contributed by atoms with van der Waals surface area (Å²) in [5.74, 6) is -2.33. The van der Waals surface area contributed by atoms with Gasteiger partial charge in [-0.25, -0.2) is 9.78 Å². The molecule has 0 saturated carbocycles. The van der Waals surface area contributed by atoms with Crippen molar-refractivity contribution in [2.45, 2.75) is 18.8 Å². The average Bonchev–Trinajstić information content (AvgIpc) is 2.86. The van der Waals surface area contributed by atoms with Gasteiger partial charge < -0.3 is 9.51 Å². The fraction of sp³-hybridized carbons (Fsp3) is 0.231. The first-order valence-electron chi connectivity index (χ1n) is 6.09. The highest BCUT2D eigenvalue weighted by atomic mass is 16.4. The van der Waals surface area contributed by atoms with Crippen molar-refractivity contribution in [3.63, 3.8) is 0 Å². The Bertz CT molecular complexity index is 734. The standard InChI is InChI=1S/C13H11N3O4/c17-11-2-1-9(12(18)15-11)10-4-7(13(19)20)3-8-5-14-6-16(8)10/h3-6,9H,1-2H2,(H,19,20)(H,15,17,18). The number of hydrogen-bond donors (Lipinski definition) is 2. The summed E-state index contributed by atoms with van der Waals surface area (Å²) >= 11 is 0. The summed E-state index contributed by atoms with van der Waals surface area (Å²) in [4.78, 5) is 38.3. The minimum atomic E-state index is -1.07. The highest BCUT2D eigenvalue weighted by molar-refractivity contribution is 6.01. The van der Waals surface area contributed by atoms with Crippen LogP contribution in [0, 0.1) is 0 Å². The van der Waals surface area contributed by atoms with Gasteiger partial charge in [-0.05, 0) is 18.6 Å². The van der Waals surface area contributed by atoms with E-state index >= 15 is 0 Å². The predicted octanol–water partition coefficient (Wildman–Crippen LogP) is 0.553. The first-order chi connectivity index (χ1) is 9.56. The monoisotopic (exact) mass is 273 g/mol. The summed E-state index contributed by atoms with van der Waals surface area (Å²) in [6.07, 6.45) is 3.66. The van der Waals surface area contributed by atoms with Crippen molar-refractivity contribution in [1.82, 2.24) is 14.7 Å². The molecule has 7 heteroatoms. The Morgan fingerprint density at radius 1 is 1.40 bits per heavy atom. The number of fused-ring (bicyclic) bond motifs is 1. The highest BCUT2D eigenvalue weighted by Gasteiger charge is 2.30. The average molecular weight is 273 g/mol. The number of imide groups is 1. The molecule has 2 aromatic heterocycles. The van der Waals surface area contributed by atoms with Crippen molar-refractivity contribution in [2.75, 3.05) is 0 Å². The van der Waals surface area contributed by atoms with E-state index < -0.39 is 17.8 Å². The lowest BCUT2D eigenvalue weighted by Gasteiger charge is -2.22. The van der Waals surface area contributed by atoms with Crippen LogP contribution in [-0.2, 0) is 9.59 Å². The van der Waals surface area contributed by atoms with Crippen molar-refractivity contribution in [3.05, 3.63) is 35.9 Å². The maximum Gasteiger partial charge on any atom is 0.335 e. The second-order valence-corrected chi connectivity index (χ2v) is 4.67. The van der Waals surface area contributed by atoms with Crippen molar-refractivity contribution in [3.8, 4) is 0 Å². The predicted molar refractivity (Wildman–Crippen MR) is 67.3 cm³/mol. The van der Waals surface area contributed by atoms with Crippen molar-refractivity contribution >= 4 is 23.3 Å². The zero-order chi connectivity index (χ0) is 14.3. The Balaban J connectivity index is 2.14. The highest BCUT2D eigenvalue weighted by Crippen LogP contribution is 2.26. The fourth-order valence-corrected chi connectivity index (χ4v) is 2.43. The molecule has 0 bridgehead atoms. The molecule has 2 amide bonds. The second-order valence-electron chi connectivity index (χ2n) is 4.67. The van der Waals surface area contributed by atoms with E-state index in [1.54, 1.807) is 4.40 Å². The molecule has 1 atom stereocenters. The summed E-state index contributed by atoms with van der Waals surface area (Å²) in [6, 6.07) is 2.95. The number of nitrogens with one attached hydrogen (secondary N) is 1. The normalized spacial score (nSPS) is 19.1. The maximum absolute atomic E-state index is 11.9. The Hall–Kier alpha value is -2.70. The van der Waals surface area contributed by atoms with Gasteiger partial charge in [0, 0.05) is 12.1 Å². The third kappa shape index (κ3) is 1.93. The summed E-state index contributed by atoms with van der Waals surface area (Å²) in [7, 11) is 0. The molecule has 1 unspecified atom stereocenters. The van der Waals surface area contributed by atoms with E-state index in [9.17, 15) is 14.4 Å². The van der Waals surface area contributed by atoms with Gasteiger partial charge in [-0.15, -0.1) is 0 Å². The Labute approximate surface area is 113 Å². The topological polar surface area (TPSA) is 101 Å². The summed E-state index contributed by atoms with van der Waals surface area (Å²) in [5.41, 5.74) is 1.23. The van der Waals surface area contributed by atoms with Gasteiger partial charge in [0.15, 0.2) is 0 Å². The number of imidazole rings is 1. The number of carbonyl (C=O) groups is 3. The van der Waals surface area contributed by atoms with Gasteiger partial charge in [-0.3, -0.25) is 14.9 Å². The van der Waals surface area contributed by atoms with Crippen molar-refractivity contribution in [2.24, 2.45) is 0 Å². The van der Waals surface area contributed by atoms with Crippen LogP contribution in [0.3, 0.4) is 0 Å². The third-order valence-electron chi connectivity index (χ3n) is 3.40. The van der Waals surface area contributed by atoms with E-state index in [2.05, 4.69) is 10.3 Å². The molecular weight excluding hydrogens is 262 g/mol. The van der Waals surface area contributed by atoms with E-state index in [0.717, 1.165) is 0 Å². The van der Waals surface area contributed by atoms with Crippen LogP contribution in [0.4, 0.5) is 0 Å². The SMILES string of the molecule is O=C1CCC(c2cc(C(=O)O)cc3cncn23)C(=O)N1. The van der Waals surface area contributed by atoms with E-state index in [1.807, 2.05) is 0 Å². The first kappa shape index (κ1) is 12.3. The molecule has 3 rings (SSSR count). The molecule has 0 aromatic carbocycles. The van der Waals surface area contributed by atoms with Gasteiger partial charge in [0.1, 0.15) is 0 Å². The number of piperidine rings is 1. The molecule has 0 spiro atoms. The van der Waals surface area contributed by atoms with Crippen LogP contribution in [0.5, 0.6) is 0 Å². The van der Waals surface area contributed by atoms with Gasteiger partial charge in [0.05, 0.1) is 29.5 Å². The number of hydrogen-bond acceptors (Lipinski definition) is 4. The number of amides is 2. The van der Waals surface area contributed by atoms with Crippen molar-refractivity contribution in [1.29, 1.82) is 0 Å². The lowest BCUT2D eigenvalue weighted by Crippen LogP contribution is -2.40. The Kier molecular flexibility index (Phi) is 2.74. The number of nitrogens with zero attached hydrogens (tertiary/aromatic N) is 2. The van der Waals surface area contributed by atoms with Gasteiger partial charge in [0.25, 0.3) is 0 Å². The van der Waals surface area contributed by atoms with Crippen LogP contribution in [0.25, 0.3) is 5.52 Å². The molecule has 3 heterocycles. The fourth-order valence-electron chi connectivity index (χ4n) is 2.43. The smallest absolute Gasteiger partial charge is 0.335 e. The lowest BCUT2D eigenvalue weighted by molar-refractivity contribution is -0.134. The van der Waals surface area contributed by atoms with Gasteiger partial charge in [0.2, 0.25) is 11.8 Å². The molecule has 20 heavy (non-hydrogen) atoms. The van der Waals surface area contributed by atoms with E-state index in [1.165, 1.54) is 24.7 Å². The van der Waals surface area contributed by atoms with Gasteiger partial charge >= 0.3 is 5.97 Å². The lowest BCUT2D eigenvalue weighted by atomic mass is 9.93. The van der Waals surface area contributed by atoms with Crippen molar-refractivity contribution < 1.29 is 19.5 Å². The number of aromatic nitrogens is 2. The minimum absolute atomic E-state index is 0.0951. The van der Waals surface area contributed by atoms with E-state index in [4.69, 9.17) is 5.11 Å². The van der Waals surface area contributed by atoms with Crippen LogP contribution in [-0.4, -0.2) is 32.3 Å². The number of carbonyl (C=O) groups excluding carboxylic acids is 2. The van der Waals surface area contributed by atoms with Gasteiger partial charge in [-0.2, -0.15) is 0 Å².